The number of carbonyl (C=O) groups is 1. The summed E-state index contributed by atoms with van der Waals surface area (Å²) in [5, 5.41) is 1.83. The minimum absolute atomic E-state index is 0.105. The Hall–Kier alpha value is -2.14. The molecule has 3 rings (SSSR count). The van der Waals surface area contributed by atoms with Crippen LogP contribution in [-0.2, 0) is 10.0 Å². The number of piperidine rings is 1. The van der Waals surface area contributed by atoms with Crippen molar-refractivity contribution in [2.75, 3.05) is 25.9 Å². The quantitative estimate of drug-likeness (QED) is 0.842. The zero-order valence-corrected chi connectivity index (χ0v) is 15.3. The minimum atomic E-state index is -4.52. The van der Waals surface area contributed by atoms with E-state index in [1.165, 1.54) is 4.31 Å². The van der Waals surface area contributed by atoms with Gasteiger partial charge < -0.3 is 9.72 Å². The molecule has 2 aromatic heterocycles. The fraction of sp³-hybridized carbons (Fsp3) is 0.500. The molecule has 0 bridgehead atoms. The lowest BCUT2D eigenvalue weighted by molar-refractivity contribution is -0.123. The van der Waals surface area contributed by atoms with Crippen LogP contribution < -0.4 is 5.32 Å². The Morgan fingerprint density at radius 1 is 1.37 bits per heavy atom. The molecular formula is C16H19F3N4O3S. The van der Waals surface area contributed by atoms with Gasteiger partial charge in [0.2, 0.25) is 10.0 Å². The van der Waals surface area contributed by atoms with Crippen LogP contribution in [0.25, 0.3) is 5.52 Å². The van der Waals surface area contributed by atoms with Crippen LogP contribution in [0.3, 0.4) is 0 Å². The van der Waals surface area contributed by atoms with Crippen LogP contribution in [0.15, 0.2) is 24.4 Å². The molecule has 1 aliphatic rings. The lowest BCUT2D eigenvalue weighted by atomic mass is 9.99. The molecule has 1 amide bonds. The number of nitrogens with zero attached hydrogens (tertiary/aromatic N) is 3. The molecule has 27 heavy (non-hydrogen) atoms. The van der Waals surface area contributed by atoms with E-state index in [0.29, 0.717) is 30.7 Å². The maximum absolute atomic E-state index is 12.4. The number of carbonyl (C=O) groups excluding carboxylic acids is 1. The highest BCUT2D eigenvalue weighted by molar-refractivity contribution is 7.88. The first-order chi connectivity index (χ1) is 12.6. The van der Waals surface area contributed by atoms with Gasteiger partial charge in [-0.3, -0.25) is 4.79 Å². The van der Waals surface area contributed by atoms with E-state index in [0.717, 1.165) is 6.26 Å². The molecule has 148 valence electrons. The SMILES string of the molecule is CS(=O)(=O)N1CCCC(c2nc(C(=O)NCC(F)(F)F)c3ccccn23)C1. The normalized spacial score (nSPS) is 19.3. The van der Waals surface area contributed by atoms with Crippen molar-refractivity contribution in [2.24, 2.45) is 0 Å². The Balaban J connectivity index is 1.94. The first-order valence-electron chi connectivity index (χ1n) is 8.33. The molecule has 0 spiro atoms. The third-order valence-corrected chi connectivity index (χ3v) is 5.73. The first kappa shape index (κ1) is 19.6. The number of pyridine rings is 1. The minimum Gasteiger partial charge on any atom is -0.342 e. The Bertz CT molecular complexity index is 955. The van der Waals surface area contributed by atoms with Gasteiger partial charge in [-0.1, -0.05) is 6.07 Å². The molecule has 7 nitrogen and oxygen atoms in total. The molecule has 1 fully saturated rings. The average Bonchev–Trinajstić information content (AvgIpc) is 2.98. The standard InChI is InChI=1S/C16H19F3N4O3S/c1-27(25,26)22-7-4-5-11(9-22)14-21-13(12-6-2-3-8-23(12)14)15(24)20-10-16(17,18)19/h2-3,6,8,11H,4-5,7,9-10H2,1H3,(H,20,24). The van der Waals surface area contributed by atoms with Crippen molar-refractivity contribution < 1.29 is 26.4 Å². The second-order valence-electron chi connectivity index (χ2n) is 6.53. The Morgan fingerprint density at radius 2 is 2.11 bits per heavy atom. The monoisotopic (exact) mass is 404 g/mol. The van der Waals surface area contributed by atoms with Gasteiger partial charge in [0.15, 0.2) is 5.69 Å². The van der Waals surface area contributed by atoms with Crippen molar-refractivity contribution in [3.63, 3.8) is 0 Å². The van der Waals surface area contributed by atoms with Gasteiger partial charge in [-0.05, 0) is 25.0 Å². The fourth-order valence-electron chi connectivity index (χ4n) is 3.24. The summed E-state index contributed by atoms with van der Waals surface area (Å²) in [5.41, 5.74) is 0.273. The Labute approximate surface area is 154 Å². The fourth-order valence-corrected chi connectivity index (χ4v) is 4.15. The number of sulfonamides is 1. The second kappa shape index (κ2) is 7.12. The highest BCUT2D eigenvalue weighted by Crippen LogP contribution is 2.29. The molecular weight excluding hydrogens is 385 g/mol. The summed E-state index contributed by atoms with van der Waals surface area (Å²) in [6, 6.07) is 4.97. The van der Waals surface area contributed by atoms with E-state index in [4.69, 9.17) is 0 Å². The van der Waals surface area contributed by atoms with Crippen LogP contribution in [0, 0.1) is 0 Å². The summed E-state index contributed by atoms with van der Waals surface area (Å²) in [6.45, 7) is -0.813. The smallest absolute Gasteiger partial charge is 0.342 e. The zero-order valence-electron chi connectivity index (χ0n) is 14.5. The molecule has 1 aliphatic heterocycles. The Kier molecular flexibility index (Phi) is 5.17. The number of halogens is 3. The summed E-state index contributed by atoms with van der Waals surface area (Å²) >= 11 is 0. The topological polar surface area (TPSA) is 83.8 Å². The van der Waals surface area contributed by atoms with E-state index in [1.54, 1.807) is 28.8 Å². The molecule has 1 N–H and O–H groups in total. The highest BCUT2D eigenvalue weighted by atomic mass is 32.2. The second-order valence-corrected chi connectivity index (χ2v) is 8.51. The molecule has 3 heterocycles. The van der Waals surface area contributed by atoms with Crippen molar-refractivity contribution in [1.29, 1.82) is 0 Å². The number of hydrogen-bond donors (Lipinski definition) is 1. The molecule has 1 atom stereocenters. The van der Waals surface area contributed by atoms with E-state index in [1.807, 2.05) is 5.32 Å². The van der Waals surface area contributed by atoms with Crippen molar-refractivity contribution in [3.8, 4) is 0 Å². The number of nitrogens with one attached hydrogen (secondary N) is 1. The lowest BCUT2D eigenvalue weighted by Crippen LogP contribution is -2.38. The van der Waals surface area contributed by atoms with Gasteiger partial charge >= 0.3 is 6.18 Å². The van der Waals surface area contributed by atoms with E-state index < -0.39 is 28.7 Å². The highest BCUT2D eigenvalue weighted by Gasteiger charge is 2.32. The number of fused-ring (bicyclic) bond motifs is 1. The van der Waals surface area contributed by atoms with Crippen LogP contribution in [0.1, 0.15) is 35.1 Å². The number of imidazole rings is 1. The van der Waals surface area contributed by atoms with E-state index in [-0.39, 0.29) is 18.2 Å². The predicted octanol–water partition coefficient (Wildman–Crippen LogP) is 1.77. The summed E-state index contributed by atoms with van der Waals surface area (Å²) in [5.74, 6) is -0.707. The zero-order chi connectivity index (χ0) is 19.8. The van der Waals surface area contributed by atoms with Gasteiger partial charge in [0.05, 0.1) is 11.8 Å². The van der Waals surface area contributed by atoms with E-state index in [9.17, 15) is 26.4 Å². The number of amides is 1. The molecule has 0 aliphatic carbocycles. The average molecular weight is 404 g/mol. The number of hydrogen-bond acceptors (Lipinski definition) is 4. The maximum atomic E-state index is 12.4. The molecule has 11 heteroatoms. The van der Waals surface area contributed by atoms with Gasteiger partial charge in [-0.15, -0.1) is 0 Å². The van der Waals surface area contributed by atoms with Gasteiger partial charge in [0.25, 0.3) is 5.91 Å². The van der Waals surface area contributed by atoms with Gasteiger partial charge in [0.1, 0.15) is 12.4 Å². The molecule has 2 aromatic rings. The third-order valence-electron chi connectivity index (χ3n) is 4.46. The number of aromatic nitrogens is 2. The van der Waals surface area contributed by atoms with Crippen LogP contribution in [-0.4, -0.2) is 60.1 Å². The third kappa shape index (κ3) is 4.41. The van der Waals surface area contributed by atoms with Crippen molar-refractivity contribution in [2.45, 2.75) is 24.9 Å². The number of rotatable bonds is 4. The molecule has 1 saturated heterocycles. The van der Waals surface area contributed by atoms with Gasteiger partial charge in [0, 0.05) is 25.2 Å². The molecule has 0 radical (unpaired) electrons. The van der Waals surface area contributed by atoms with Crippen molar-refractivity contribution in [3.05, 3.63) is 35.9 Å². The predicted molar refractivity (Wildman–Crippen MR) is 92.0 cm³/mol. The first-order valence-corrected chi connectivity index (χ1v) is 10.2. The van der Waals surface area contributed by atoms with Crippen LogP contribution in [0.4, 0.5) is 13.2 Å². The van der Waals surface area contributed by atoms with E-state index >= 15 is 0 Å². The van der Waals surface area contributed by atoms with Gasteiger partial charge in [-0.2, -0.15) is 13.2 Å². The summed E-state index contributed by atoms with van der Waals surface area (Å²) in [7, 11) is -3.36. The lowest BCUT2D eigenvalue weighted by Gasteiger charge is -2.30. The van der Waals surface area contributed by atoms with E-state index in [2.05, 4.69) is 4.98 Å². The molecule has 0 aromatic carbocycles. The summed E-state index contributed by atoms with van der Waals surface area (Å²) < 4.78 is 63.9. The van der Waals surface area contributed by atoms with Crippen molar-refractivity contribution in [1.82, 2.24) is 19.0 Å². The summed E-state index contributed by atoms with van der Waals surface area (Å²) in [4.78, 5) is 16.5. The van der Waals surface area contributed by atoms with Crippen LogP contribution in [0.2, 0.25) is 0 Å². The Morgan fingerprint density at radius 3 is 2.78 bits per heavy atom. The van der Waals surface area contributed by atoms with Crippen LogP contribution >= 0.6 is 0 Å². The summed E-state index contributed by atoms with van der Waals surface area (Å²) in [6.07, 6.45) is -0.418. The number of alkyl halides is 3. The largest absolute Gasteiger partial charge is 0.405 e. The van der Waals surface area contributed by atoms with Crippen LogP contribution in [0.5, 0.6) is 0 Å². The molecule has 0 saturated carbocycles. The van der Waals surface area contributed by atoms with Crippen molar-refractivity contribution >= 4 is 21.4 Å². The maximum Gasteiger partial charge on any atom is 0.405 e. The van der Waals surface area contributed by atoms with Gasteiger partial charge in [-0.25, -0.2) is 17.7 Å². The molecule has 1 unspecified atom stereocenters.